The van der Waals surface area contributed by atoms with Gasteiger partial charge in [0.15, 0.2) is 0 Å². The van der Waals surface area contributed by atoms with Crippen LogP contribution in [0, 0.1) is 0 Å². The number of hydrogen-bond acceptors (Lipinski definition) is 2. The van der Waals surface area contributed by atoms with Crippen molar-refractivity contribution in [3.8, 4) is 5.75 Å². The smallest absolute Gasteiger partial charge is 0.142 e. The molecule has 0 aliphatic rings. The SMILES string of the molecule is COc1ccc(Cl)cc1NCc1ccc(Br)cc1. The van der Waals surface area contributed by atoms with Crippen molar-refractivity contribution >= 4 is 33.2 Å². The number of hydrogen-bond donors (Lipinski definition) is 1. The summed E-state index contributed by atoms with van der Waals surface area (Å²) in [6, 6.07) is 13.7. The van der Waals surface area contributed by atoms with Crippen molar-refractivity contribution < 1.29 is 4.74 Å². The van der Waals surface area contributed by atoms with Gasteiger partial charge < -0.3 is 10.1 Å². The number of methoxy groups -OCH3 is 1. The van der Waals surface area contributed by atoms with Crippen molar-refractivity contribution in [3.63, 3.8) is 0 Å². The summed E-state index contributed by atoms with van der Waals surface area (Å²) in [4.78, 5) is 0. The lowest BCUT2D eigenvalue weighted by atomic mass is 10.2. The van der Waals surface area contributed by atoms with Crippen LogP contribution >= 0.6 is 27.5 Å². The first-order chi connectivity index (χ1) is 8.69. The number of rotatable bonds is 4. The minimum absolute atomic E-state index is 0.689. The van der Waals surface area contributed by atoms with Gasteiger partial charge in [0.05, 0.1) is 12.8 Å². The fourth-order valence-electron chi connectivity index (χ4n) is 1.62. The van der Waals surface area contributed by atoms with Crippen LogP contribution in [-0.4, -0.2) is 7.11 Å². The predicted octanol–water partition coefficient (Wildman–Crippen LogP) is 4.72. The molecule has 0 aliphatic heterocycles. The van der Waals surface area contributed by atoms with E-state index in [2.05, 4.69) is 33.4 Å². The fourth-order valence-corrected chi connectivity index (χ4v) is 2.05. The molecule has 0 amide bonds. The second-order valence-electron chi connectivity index (χ2n) is 3.82. The molecule has 0 saturated heterocycles. The maximum Gasteiger partial charge on any atom is 0.142 e. The molecule has 0 heterocycles. The minimum Gasteiger partial charge on any atom is -0.495 e. The van der Waals surface area contributed by atoms with Crippen molar-refractivity contribution in [1.29, 1.82) is 0 Å². The van der Waals surface area contributed by atoms with E-state index in [0.717, 1.165) is 22.5 Å². The number of nitrogens with one attached hydrogen (secondary N) is 1. The highest BCUT2D eigenvalue weighted by molar-refractivity contribution is 9.10. The highest BCUT2D eigenvalue weighted by Crippen LogP contribution is 2.28. The van der Waals surface area contributed by atoms with Gasteiger partial charge in [-0.05, 0) is 35.9 Å². The van der Waals surface area contributed by atoms with Crippen molar-refractivity contribution in [2.24, 2.45) is 0 Å². The van der Waals surface area contributed by atoms with Crippen LogP contribution in [0.1, 0.15) is 5.56 Å². The molecule has 0 aliphatic carbocycles. The molecule has 18 heavy (non-hydrogen) atoms. The van der Waals surface area contributed by atoms with Crippen LogP contribution in [0.5, 0.6) is 5.75 Å². The summed E-state index contributed by atoms with van der Waals surface area (Å²) in [5.41, 5.74) is 2.09. The average molecular weight is 327 g/mol. The molecular formula is C14H13BrClNO. The molecule has 4 heteroatoms. The summed E-state index contributed by atoms with van der Waals surface area (Å²) in [5.74, 6) is 0.788. The molecule has 0 saturated carbocycles. The molecule has 2 aromatic rings. The summed E-state index contributed by atoms with van der Waals surface area (Å²) in [6.45, 7) is 0.726. The maximum absolute atomic E-state index is 5.97. The average Bonchev–Trinajstić information content (AvgIpc) is 2.38. The summed E-state index contributed by atoms with van der Waals surface area (Å²) >= 11 is 9.39. The van der Waals surface area contributed by atoms with Gasteiger partial charge in [-0.2, -0.15) is 0 Å². The molecule has 0 bridgehead atoms. The third-order valence-corrected chi connectivity index (χ3v) is 3.32. The lowest BCUT2D eigenvalue weighted by Crippen LogP contribution is -2.01. The Morgan fingerprint density at radius 2 is 1.89 bits per heavy atom. The van der Waals surface area contributed by atoms with Crippen LogP contribution in [0.2, 0.25) is 5.02 Å². The second kappa shape index (κ2) is 6.12. The van der Waals surface area contributed by atoms with Gasteiger partial charge in [0, 0.05) is 16.0 Å². The van der Waals surface area contributed by atoms with Crippen LogP contribution in [0.25, 0.3) is 0 Å². The van der Waals surface area contributed by atoms with Crippen LogP contribution in [0.3, 0.4) is 0 Å². The largest absolute Gasteiger partial charge is 0.495 e. The highest BCUT2D eigenvalue weighted by Gasteiger charge is 2.03. The molecule has 94 valence electrons. The van der Waals surface area contributed by atoms with E-state index in [0.29, 0.717) is 5.02 Å². The third-order valence-electron chi connectivity index (χ3n) is 2.56. The van der Waals surface area contributed by atoms with Crippen molar-refractivity contribution in [2.45, 2.75) is 6.54 Å². The van der Waals surface area contributed by atoms with Crippen LogP contribution < -0.4 is 10.1 Å². The fraction of sp³-hybridized carbons (Fsp3) is 0.143. The van der Waals surface area contributed by atoms with Crippen LogP contribution in [0.15, 0.2) is 46.9 Å². The third kappa shape index (κ3) is 3.40. The van der Waals surface area contributed by atoms with E-state index in [9.17, 15) is 0 Å². The van der Waals surface area contributed by atoms with Gasteiger partial charge in [-0.1, -0.05) is 39.7 Å². The molecule has 0 radical (unpaired) electrons. The van der Waals surface area contributed by atoms with Gasteiger partial charge in [-0.15, -0.1) is 0 Å². The van der Waals surface area contributed by atoms with Crippen LogP contribution in [-0.2, 0) is 6.54 Å². The monoisotopic (exact) mass is 325 g/mol. The van der Waals surface area contributed by atoms with Gasteiger partial charge in [0.25, 0.3) is 0 Å². The summed E-state index contributed by atoms with van der Waals surface area (Å²) in [6.07, 6.45) is 0. The van der Waals surface area contributed by atoms with E-state index >= 15 is 0 Å². The van der Waals surface area contributed by atoms with E-state index in [1.54, 1.807) is 7.11 Å². The van der Waals surface area contributed by atoms with Crippen molar-refractivity contribution in [3.05, 3.63) is 57.5 Å². The normalized spacial score (nSPS) is 10.2. The Hall–Kier alpha value is -1.19. The standard InChI is InChI=1S/C14H13BrClNO/c1-18-14-7-6-12(16)8-13(14)17-9-10-2-4-11(15)5-3-10/h2-8,17H,9H2,1H3. The van der Waals surface area contributed by atoms with Crippen LogP contribution in [0.4, 0.5) is 5.69 Å². The van der Waals surface area contributed by atoms with Gasteiger partial charge in [-0.3, -0.25) is 0 Å². The number of halogens is 2. The molecular weight excluding hydrogens is 314 g/mol. The summed E-state index contributed by atoms with van der Waals surface area (Å²) in [5, 5.41) is 4.00. The molecule has 1 N–H and O–H groups in total. The van der Waals surface area contributed by atoms with Crippen molar-refractivity contribution in [1.82, 2.24) is 0 Å². The molecule has 2 nitrogen and oxygen atoms in total. The Balaban J connectivity index is 2.09. The van der Waals surface area contributed by atoms with Gasteiger partial charge in [0.1, 0.15) is 5.75 Å². The Bertz CT molecular complexity index is 528. The van der Waals surface area contributed by atoms with E-state index in [4.69, 9.17) is 16.3 Å². The van der Waals surface area contributed by atoms with Gasteiger partial charge in [0.2, 0.25) is 0 Å². The quantitative estimate of drug-likeness (QED) is 0.877. The Morgan fingerprint density at radius 3 is 2.56 bits per heavy atom. The van der Waals surface area contributed by atoms with Gasteiger partial charge >= 0.3 is 0 Å². The first-order valence-corrected chi connectivity index (χ1v) is 6.68. The molecule has 0 spiro atoms. The predicted molar refractivity (Wildman–Crippen MR) is 79.5 cm³/mol. The molecule has 0 unspecified atom stereocenters. The number of ether oxygens (including phenoxy) is 1. The zero-order valence-electron chi connectivity index (χ0n) is 9.91. The van der Waals surface area contributed by atoms with E-state index in [-0.39, 0.29) is 0 Å². The zero-order valence-corrected chi connectivity index (χ0v) is 12.3. The zero-order chi connectivity index (χ0) is 13.0. The maximum atomic E-state index is 5.97. The topological polar surface area (TPSA) is 21.3 Å². The Labute approximate surface area is 120 Å². The Morgan fingerprint density at radius 1 is 1.17 bits per heavy atom. The first kappa shape index (κ1) is 13.2. The molecule has 2 aromatic carbocycles. The van der Waals surface area contributed by atoms with Gasteiger partial charge in [-0.25, -0.2) is 0 Å². The summed E-state index contributed by atoms with van der Waals surface area (Å²) < 4.78 is 6.35. The molecule has 0 aromatic heterocycles. The number of anilines is 1. The summed E-state index contributed by atoms with van der Waals surface area (Å²) in [7, 11) is 1.65. The second-order valence-corrected chi connectivity index (χ2v) is 5.18. The van der Waals surface area contributed by atoms with Crippen molar-refractivity contribution in [2.75, 3.05) is 12.4 Å². The minimum atomic E-state index is 0.689. The lowest BCUT2D eigenvalue weighted by Gasteiger charge is -2.11. The van der Waals surface area contributed by atoms with E-state index < -0.39 is 0 Å². The number of benzene rings is 2. The highest BCUT2D eigenvalue weighted by atomic mass is 79.9. The molecule has 0 atom stereocenters. The molecule has 0 fully saturated rings. The van der Waals surface area contributed by atoms with E-state index in [1.165, 1.54) is 5.56 Å². The Kier molecular flexibility index (Phi) is 4.50. The molecule has 2 rings (SSSR count). The van der Waals surface area contributed by atoms with E-state index in [1.807, 2.05) is 30.3 Å². The lowest BCUT2D eigenvalue weighted by molar-refractivity contribution is 0.416. The first-order valence-electron chi connectivity index (χ1n) is 5.51.